The molecule has 17 heavy (non-hydrogen) atoms. The predicted molar refractivity (Wildman–Crippen MR) is 63.4 cm³/mol. The molecule has 0 spiro atoms. The first-order valence-electron chi connectivity index (χ1n) is 5.83. The fraction of sp³-hybridized carbons (Fsp3) is 0.538. The fourth-order valence-corrected chi connectivity index (χ4v) is 2.14. The van der Waals surface area contributed by atoms with E-state index in [0.29, 0.717) is 17.2 Å². The highest BCUT2D eigenvalue weighted by Crippen LogP contribution is 2.33. The van der Waals surface area contributed by atoms with E-state index in [1.807, 2.05) is 18.4 Å². The zero-order valence-corrected chi connectivity index (χ0v) is 10.4. The zero-order chi connectivity index (χ0) is 12.6. The van der Waals surface area contributed by atoms with Gasteiger partial charge in [-0.25, -0.2) is 4.79 Å². The minimum atomic E-state index is -0.427. The Morgan fingerprint density at radius 2 is 2.12 bits per heavy atom. The highest BCUT2D eigenvalue weighted by molar-refractivity contribution is 5.98. The summed E-state index contributed by atoms with van der Waals surface area (Å²) >= 11 is 0. The van der Waals surface area contributed by atoms with Gasteiger partial charge in [-0.3, -0.25) is 4.79 Å². The fourth-order valence-electron chi connectivity index (χ4n) is 2.14. The van der Waals surface area contributed by atoms with Gasteiger partial charge < -0.3 is 9.30 Å². The normalized spacial score (nSPS) is 14.8. The lowest BCUT2D eigenvalue weighted by atomic mass is 10.1. The molecule has 0 atom stereocenters. The van der Waals surface area contributed by atoms with Crippen molar-refractivity contribution in [3.63, 3.8) is 0 Å². The monoisotopic (exact) mass is 235 g/mol. The third-order valence-corrected chi connectivity index (χ3v) is 3.51. The van der Waals surface area contributed by atoms with E-state index in [9.17, 15) is 9.59 Å². The number of esters is 1. The van der Waals surface area contributed by atoms with Crippen LogP contribution in [0, 0.1) is 19.8 Å². The van der Waals surface area contributed by atoms with Crippen LogP contribution in [0.5, 0.6) is 0 Å². The summed E-state index contributed by atoms with van der Waals surface area (Å²) in [5.41, 5.74) is 2.74. The van der Waals surface area contributed by atoms with E-state index >= 15 is 0 Å². The summed E-state index contributed by atoms with van der Waals surface area (Å²) in [7, 11) is 1.34. The molecule has 0 saturated heterocycles. The second-order valence-corrected chi connectivity index (χ2v) is 4.64. The van der Waals surface area contributed by atoms with Gasteiger partial charge in [-0.1, -0.05) is 0 Å². The molecule has 0 amide bonds. The summed E-state index contributed by atoms with van der Waals surface area (Å²) in [5.74, 6) is 0.215. The van der Waals surface area contributed by atoms with Crippen molar-refractivity contribution in [2.24, 2.45) is 5.92 Å². The lowest BCUT2D eigenvalue weighted by Crippen LogP contribution is -2.14. The summed E-state index contributed by atoms with van der Waals surface area (Å²) in [6.07, 6.45) is 3.15. The van der Waals surface area contributed by atoms with Gasteiger partial charge in [-0.15, -0.1) is 0 Å². The molecule has 0 unspecified atom stereocenters. The minimum absolute atomic E-state index is 0.407. The molecule has 1 aliphatic rings. The standard InChI is InChI=1S/C13H17NO3/c1-8-9(2)14(6-10-4-5-10)12(11(8)7-15)13(16)17-3/h7,10H,4-6H2,1-3H3. The Bertz CT molecular complexity index is 469. The van der Waals surface area contributed by atoms with Crippen molar-refractivity contribution in [1.82, 2.24) is 4.57 Å². The van der Waals surface area contributed by atoms with Crippen molar-refractivity contribution in [3.8, 4) is 0 Å². The number of aldehydes is 1. The highest BCUT2D eigenvalue weighted by Gasteiger charge is 2.28. The molecular formula is C13H17NO3. The van der Waals surface area contributed by atoms with Crippen LogP contribution in [0.3, 0.4) is 0 Å². The lowest BCUT2D eigenvalue weighted by molar-refractivity contribution is 0.0585. The SMILES string of the molecule is COC(=O)c1c(C=O)c(C)c(C)n1CC1CC1. The number of carbonyl (C=O) groups excluding carboxylic acids is 2. The summed E-state index contributed by atoms with van der Waals surface area (Å²) in [4.78, 5) is 22.9. The van der Waals surface area contributed by atoms with Crippen LogP contribution >= 0.6 is 0 Å². The van der Waals surface area contributed by atoms with Crippen molar-refractivity contribution in [3.05, 3.63) is 22.5 Å². The molecule has 1 heterocycles. The molecule has 1 fully saturated rings. The average Bonchev–Trinajstić information content (AvgIpc) is 3.11. The molecule has 1 aliphatic carbocycles. The number of rotatable bonds is 4. The van der Waals surface area contributed by atoms with Crippen LogP contribution in [0.25, 0.3) is 0 Å². The first-order valence-corrected chi connectivity index (χ1v) is 5.83. The lowest BCUT2D eigenvalue weighted by Gasteiger charge is -2.09. The highest BCUT2D eigenvalue weighted by atomic mass is 16.5. The molecule has 2 rings (SSSR count). The van der Waals surface area contributed by atoms with Crippen LogP contribution in [-0.4, -0.2) is 23.9 Å². The van der Waals surface area contributed by atoms with E-state index in [1.54, 1.807) is 0 Å². The zero-order valence-electron chi connectivity index (χ0n) is 10.4. The van der Waals surface area contributed by atoms with E-state index in [2.05, 4.69) is 0 Å². The first-order chi connectivity index (χ1) is 8.10. The van der Waals surface area contributed by atoms with Gasteiger partial charge >= 0.3 is 5.97 Å². The Balaban J connectivity index is 2.52. The molecule has 0 bridgehead atoms. The number of methoxy groups -OCH3 is 1. The van der Waals surface area contributed by atoms with Crippen LogP contribution in [-0.2, 0) is 11.3 Å². The Morgan fingerprint density at radius 3 is 2.59 bits per heavy atom. The molecule has 92 valence electrons. The van der Waals surface area contributed by atoms with Crippen molar-refractivity contribution in [2.75, 3.05) is 7.11 Å². The number of carbonyl (C=O) groups is 2. The van der Waals surface area contributed by atoms with Crippen LogP contribution in [0.15, 0.2) is 0 Å². The Hall–Kier alpha value is -1.58. The smallest absolute Gasteiger partial charge is 0.355 e. The van der Waals surface area contributed by atoms with Crippen molar-refractivity contribution < 1.29 is 14.3 Å². The van der Waals surface area contributed by atoms with Gasteiger partial charge in [0.1, 0.15) is 5.69 Å². The molecule has 1 aromatic rings. The second-order valence-electron chi connectivity index (χ2n) is 4.64. The Morgan fingerprint density at radius 1 is 1.47 bits per heavy atom. The van der Waals surface area contributed by atoms with Crippen LogP contribution < -0.4 is 0 Å². The molecule has 4 nitrogen and oxygen atoms in total. The van der Waals surface area contributed by atoms with E-state index in [4.69, 9.17) is 4.74 Å². The van der Waals surface area contributed by atoms with Crippen molar-refractivity contribution >= 4 is 12.3 Å². The average molecular weight is 235 g/mol. The third kappa shape index (κ3) is 1.99. The topological polar surface area (TPSA) is 48.3 Å². The molecule has 1 aromatic heterocycles. The quantitative estimate of drug-likeness (QED) is 0.593. The van der Waals surface area contributed by atoms with Gasteiger partial charge in [0.2, 0.25) is 0 Å². The molecule has 0 aromatic carbocycles. The maximum absolute atomic E-state index is 11.8. The molecular weight excluding hydrogens is 218 g/mol. The Kier molecular flexibility index (Phi) is 3.05. The summed E-state index contributed by atoms with van der Waals surface area (Å²) in [6.45, 7) is 4.62. The van der Waals surface area contributed by atoms with Gasteiger partial charge in [0, 0.05) is 12.2 Å². The minimum Gasteiger partial charge on any atom is -0.464 e. The molecule has 0 aliphatic heterocycles. The molecule has 4 heteroatoms. The van der Waals surface area contributed by atoms with E-state index in [-0.39, 0.29) is 0 Å². The van der Waals surface area contributed by atoms with Crippen LogP contribution in [0.2, 0.25) is 0 Å². The second kappa shape index (κ2) is 4.35. The van der Waals surface area contributed by atoms with Gasteiger partial charge in [0.25, 0.3) is 0 Å². The summed E-state index contributed by atoms with van der Waals surface area (Å²) < 4.78 is 6.70. The van der Waals surface area contributed by atoms with Crippen molar-refractivity contribution in [2.45, 2.75) is 33.2 Å². The third-order valence-electron chi connectivity index (χ3n) is 3.51. The predicted octanol–water partition coefficient (Wildman–Crippen LogP) is 2.11. The molecule has 0 N–H and O–H groups in total. The van der Waals surface area contributed by atoms with Crippen LogP contribution in [0.4, 0.5) is 0 Å². The van der Waals surface area contributed by atoms with Gasteiger partial charge in [-0.05, 0) is 38.2 Å². The van der Waals surface area contributed by atoms with Gasteiger partial charge in [0.15, 0.2) is 6.29 Å². The van der Waals surface area contributed by atoms with Crippen LogP contribution in [0.1, 0.15) is 44.9 Å². The number of nitrogens with zero attached hydrogens (tertiary/aromatic N) is 1. The van der Waals surface area contributed by atoms with E-state index in [1.165, 1.54) is 20.0 Å². The Labute approximate surface area is 101 Å². The number of hydrogen-bond donors (Lipinski definition) is 0. The maximum atomic E-state index is 11.8. The number of aromatic nitrogens is 1. The maximum Gasteiger partial charge on any atom is 0.355 e. The van der Waals surface area contributed by atoms with Crippen molar-refractivity contribution in [1.29, 1.82) is 0 Å². The number of ether oxygens (including phenoxy) is 1. The largest absolute Gasteiger partial charge is 0.464 e. The molecule has 0 radical (unpaired) electrons. The first kappa shape index (κ1) is 11.9. The van der Waals surface area contributed by atoms with E-state index in [0.717, 1.165) is 24.1 Å². The number of hydrogen-bond acceptors (Lipinski definition) is 3. The summed E-state index contributed by atoms with van der Waals surface area (Å²) in [6, 6.07) is 0. The van der Waals surface area contributed by atoms with Gasteiger partial charge in [-0.2, -0.15) is 0 Å². The van der Waals surface area contributed by atoms with E-state index < -0.39 is 5.97 Å². The van der Waals surface area contributed by atoms with Gasteiger partial charge in [0.05, 0.1) is 12.7 Å². The summed E-state index contributed by atoms with van der Waals surface area (Å²) in [5, 5.41) is 0. The molecule has 1 saturated carbocycles.